The van der Waals surface area contributed by atoms with E-state index in [2.05, 4.69) is 36.4 Å². The summed E-state index contributed by atoms with van der Waals surface area (Å²) in [6, 6.07) is 0. The summed E-state index contributed by atoms with van der Waals surface area (Å²) >= 11 is 3.67. The molecule has 0 saturated carbocycles. The topological polar surface area (TPSA) is 183 Å². The van der Waals surface area contributed by atoms with E-state index in [1.54, 1.807) is 14.1 Å². The number of aryl methyl sites for hydroxylation is 2. The Labute approximate surface area is 199 Å². The molecule has 1 saturated heterocycles. The summed E-state index contributed by atoms with van der Waals surface area (Å²) in [5.41, 5.74) is -1.23. The Bertz CT molecular complexity index is 1140. The van der Waals surface area contributed by atoms with Crippen LogP contribution in [0, 0.1) is 0 Å². The highest BCUT2D eigenvalue weighted by Gasteiger charge is 2.66. The van der Waals surface area contributed by atoms with Gasteiger partial charge in [0.1, 0.15) is 11.1 Å². The van der Waals surface area contributed by atoms with Crippen molar-refractivity contribution in [2.24, 2.45) is 14.1 Å². The van der Waals surface area contributed by atoms with Gasteiger partial charge in [-0.1, -0.05) is 23.5 Å². The van der Waals surface area contributed by atoms with Crippen molar-refractivity contribution < 1.29 is 24.2 Å². The Kier molecular flexibility index (Phi) is 6.59. The molecule has 33 heavy (non-hydrogen) atoms. The molecule has 15 nitrogen and oxygen atoms in total. The summed E-state index contributed by atoms with van der Waals surface area (Å²) in [5.74, 6) is -1.81. The minimum absolute atomic E-state index is 0.0563. The van der Waals surface area contributed by atoms with Gasteiger partial charge in [-0.2, -0.15) is 0 Å². The number of hydrogen-bond donors (Lipinski definition) is 2. The molecule has 1 fully saturated rings. The number of amides is 2. The highest BCUT2D eigenvalue weighted by molar-refractivity contribution is 8.01. The molecule has 176 valence electrons. The van der Waals surface area contributed by atoms with Crippen LogP contribution in [0.15, 0.2) is 21.6 Å². The standard InChI is InChI=1S/C15H18N10O5S3/c1-23-13(17-19-21-23)32-5-7-4-31-12-15(30-3,11(29)25(12)9(7)10(27)28)16-8(26)6-33-14-18-20-22-24(14)2/h12H,4-6H2,1-3H3,(H,16,26)(H,27,28)/t12-,15-/m0/s1. The van der Waals surface area contributed by atoms with Gasteiger partial charge in [0, 0.05) is 32.7 Å². The van der Waals surface area contributed by atoms with Crippen LogP contribution in [0.25, 0.3) is 0 Å². The van der Waals surface area contributed by atoms with Crippen molar-refractivity contribution in [2.75, 3.05) is 24.4 Å². The minimum atomic E-state index is -1.66. The normalized spacial score (nSPS) is 22.2. The number of hydrogen-bond acceptors (Lipinski definition) is 13. The highest BCUT2D eigenvalue weighted by Crippen LogP contribution is 2.47. The Morgan fingerprint density at radius 1 is 1.21 bits per heavy atom. The number of ether oxygens (including phenoxy) is 1. The van der Waals surface area contributed by atoms with Crippen molar-refractivity contribution in [3.8, 4) is 0 Å². The van der Waals surface area contributed by atoms with E-state index < -0.39 is 28.9 Å². The number of carbonyl (C=O) groups excluding carboxylic acids is 2. The Morgan fingerprint density at radius 3 is 2.39 bits per heavy atom. The van der Waals surface area contributed by atoms with E-state index >= 15 is 0 Å². The van der Waals surface area contributed by atoms with Crippen molar-refractivity contribution in [3.63, 3.8) is 0 Å². The van der Waals surface area contributed by atoms with Gasteiger partial charge in [-0.3, -0.25) is 14.5 Å². The van der Waals surface area contributed by atoms with Crippen LogP contribution in [0.1, 0.15) is 0 Å². The summed E-state index contributed by atoms with van der Waals surface area (Å²) in [7, 11) is 4.61. The Morgan fingerprint density at radius 2 is 1.85 bits per heavy atom. The van der Waals surface area contributed by atoms with Gasteiger partial charge in [-0.15, -0.1) is 22.0 Å². The number of carboxylic acid groups (broad SMARTS) is 1. The fourth-order valence-electron chi connectivity index (χ4n) is 3.27. The molecule has 2 aliphatic rings. The van der Waals surface area contributed by atoms with Gasteiger partial charge in [0.05, 0.1) is 5.75 Å². The van der Waals surface area contributed by atoms with Crippen molar-refractivity contribution in [1.29, 1.82) is 0 Å². The van der Waals surface area contributed by atoms with E-state index in [9.17, 15) is 19.5 Å². The van der Waals surface area contributed by atoms with Crippen LogP contribution < -0.4 is 5.32 Å². The van der Waals surface area contributed by atoms with E-state index in [0.717, 1.165) is 16.7 Å². The second kappa shape index (κ2) is 9.27. The average molecular weight is 515 g/mol. The van der Waals surface area contributed by atoms with Gasteiger partial charge in [-0.05, 0) is 26.4 Å². The lowest BCUT2D eigenvalue weighted by molar-refractivity contribution is -0.192. The Balaban J connectivity index is 1.48. The molecule has 0 aliphatic carbocycles. The number of β-lactam (4-membered cyclic amide) rings is 1. The second-order valence-electron chi connectivity index (χ2n) is 6.83. The van der Waals surface area contributed by atoms with Gasteiger partial charge in [0.15, 0.2) is 0 Å². The van der Waals surface area contributed by atoms with Gasteiger partial charge in [-0.25, -0.2) is 14.2 Å². The van der Waals surface area contributed by atoms with Crippen molar-refractivity contribution in [1.82, 2.24) is 50.6 Å². The molecule has 0 spiro atoms. The molecule has 0 unspecified atom stereocenters. The minimum Gasteiger partial charge on any atom is -0.477 e. The maximum Gasteiger partial charge on any atom is 0.352 e. The largest absolute Gasteiger partial charge is 0.477 e. The van der Waals surface area contributed by atoms with Crippen LogP contribution in [0.3, 0.4) is 0 Å². The van der Waals surface area contributed by atoms with E-state index in [1.165, 1.54) is 40.0 Å². The van der Waals surface area contributed by atoms with Crippen LogP contribution >= 0.6 is 35.3 Å². The summed E-state index contributed by atoms with van der Waals surface area (Å²) in [6.45, 7) is 0. The number of aromatic nitrogens is 8. The first-order valence-corrected chi connectivity index (χ1v) is 12.3. The number of rotatable bonds is 9. The van der Waals surface area contributed by atoms with Crippen molar-refractivity contribution >= 4 is 53.1 Å². The molecule has 0 bridgehead atoms. The predicted molar refractivity (Wildman–Crippen MR) is 115 cm³/mol. The van der Waals surface area contributed by atoms with E-state index in [1.807, 2.05) is 0 Å². The first kappa shape index (κ1) is 23.5. The second-order valence-corrected chi connectivity index (χ2v) is 9.78. The van der Waals surface area contributed by atoms with Gasteiger partial charge < -0.3 is 15.2 Å². The molecule has 18 heteroatoms. The van der Waals surface area contributed by atoms with Crippen LogP contribution in [-0.4, -0.2) is 104 Å². The van der Waals surface area contributed by atoms with Crippen LogP contribution in [0.5, 0.6) is 0 Å². The molecular formula is C15H18N10O5S3. The van der Waals surface area contributed by atoms with Crippen LogP contribution in [0.2, 0.25) is 0 Å². The maximum absolute atomic E-state index is 13.1. The number of nitrogens with one attached hydrogen (secondary N) is 1. The molecule has 2 aliphatic heterocycles. The number of thioether (sulfide) groups is 3. The average Bonchev–Trinajstić information content (AvgIpc) is 3.40. The summed E-state index contributed by atoms with van der Waals surface area (Å²) in [6.07, 6.45) is 0. The summed E-state index contributed by atoms with van der Waals surface area (Å²) in [4.78, 5) is 38.9. The molecule has 2 aromatic heterocycles. The number of carbonyl (C=O) groups is 3. The first-order valence-electron chi connectivity index (χ1n) is 9.25. The van der Waals surface area contributed by atoms with Gasteiger partial charge in [0.25, 0.3) is 11.6 Å². The number of carboxylic acids is 1. The third-order valence-electron chi connectivity index (χ3n) is 4.83. The molecule has 2 atom stereocenters. The molecule has 0 radical (unpaired) electrons. The van der Waals surface area contributed by atoms with E-state index in [-0.39, 0.29) is 17.2 Å². The molecule has 4 heterocycles. The maximum atomic E-state index is 13.1. The molecule has 2 aromatic rings. The molecule has 2 N–H and O–H groups in total. The van der Waals surface area contributed by atoms with E-state index in [0.29, 0.717) is 21.6 Å². The third kappa shape index (κ3) is 4.18. The first-order chi connectivity index (χ1) is 15.8. The van der Waals surface area contributed by atoms with Gasteiger partial charge in [0.2, 0.25) is 16.2 Å². The van der Waals surface area contributed by atoms with Crippen LogP contribution in [-0.2, 0) is 33.2 Å². The zero-order valence-corrected chi connectivity index (χ0v) is 20.0. The highest BCUT2D eigenvalue weighted by atomic mass is 32.2. The predicted octanol–water partition coefficient (Wildman–Crippen LogP) is -1.67. The molecular weight excluding hydrogens is 496 g/mol. The van der Waals surface area contributed by atoms with Crippen molar-refractivity contribution in [2.45, 2.75) is 21.4 Å². The number of nitrogens with zero attached hydrogens (tertiary/aromatic N) is 9. The molecule has 0 aromatic carbocycles. The molecule has 2 amide bonds. The number of tetrazole rings is 2. The SMILES string of the molecule is CO[C@@]1(NC(=O)CSc2nnnn2C)C(=O)N2C(C(=O)O)=C(CSc3nnnn3C)CS[C@H]21. The monoisotopic (exact) mass is 514 g/mol. The lowest BCUT2D eigenvalue weighted by Gasteiger charge is -2.55. The quantitative estimate of drug-likeness (QED) is 0.220. The zero-order valence-electron chi connectivity index (χ0n) is 17.5. The van der Waals surface area contributed by atoms with Crippen molar-refractivity contribution in [3.05, 3.63) is 11.3 Å². The Hall–Kier alpha value is -2.70. The number of aliphatic carboxylic acids is 1. The lowest BCUT2D eigenvalue weighted by Crippen LogP contribution is -2.80. The van der Waals surface area contributed by atoms with Gasteiger partial charge >= 0.3 is 5.97 Å². The number of fused-ring (bicyclic) bond motifs is 1. The zero-order chi connectivity index (χ0) is 23.8. The fourth-order valence-corrected chi connectivity index (χ4v) is 6.34. The van der Waals surface area contributed by atoms with Crippen LogP contribution in [0.4, 0.5) is 0 Å². The summed E-state index contributed by atoms with van der Waals surface area (Å²) in [5, 5.41) is 34.8. The smallest absolute Gasteiger partial charge is 0.352 e. The number of methoxy groups -OCH3 is 1. The lowest BCUT2D eigenvalue weighted by atomic mass is 9.98. The third-order valence-corrected chi connectivity index (χ3v) is 8.31. The molecule has 4 rings (SSSR count). The fraction of sp³-hybridized carbons (Fsp3) is 0.533. The van der Waals surface area contributed by atoms with E-state index in [4.69, 9.17) is 4.74 Å². The summed E-state index contributed by atoms with van der Waals surface area (Å²) < 4.78 is 8.32.